The van der Waals surface area contributed by atoms with Crippen molar-refractivity contribution in [1.29, 1.82) is 0 Å². The van der Waals surface area contributed by atoms with Crippen molar-refractivity contribution in [1.82, 2.24) is 0 Å². The first kappa shape index (κ1) is 4.80. The van der Waals surface area contributed by atoms with Crippen LogP contribution in [0.2, 0.25) is 0 Å². The molecule has 0 aromatic rings. The molecule has 1 atom stereocenters. The molecule has 1 heteroatoms. The van der Waals surface area contributed by atoms with E-state index in [-0.39, 0.29) is 0 Å². The molecule has 0 radical (unpaired) electrons. The van der Waals surface area contributed by atoms with Gasteiger partial charge in [-0.2, -0.15) is 0 Å². The lowest BCUT2D eigenvalue weighted by atomic mass is 10.0. The zero-order chi connectivity index (χ0) is 5.61. The van der Waals surface area contributed by atoms with Crippen LogP contribution in [-0.4, -0.2) is 12.7 Å². The van der Waals surface area contributed by atoms with Gasteiger partial charge in [-0.25, -0.2) is 0 Å². The fraction of sp³-hybridized carbons (Fsp3) is 1.00. The highest BCUT2D eigenvalue weighted by Gasteiger charge is 2.50. The molecular formula is C7H12O. The van der Waals surface area contributed by atoms with Crippen LogP contribution in [0.25, 0.3) is 0 Å². The lowest BCUT2D eigenvalue weighted by Crippen LogP contribution is -2.10. The number of hydrogen-bond acceptors (Lipinski definition) is 1. The molecule has 0 aromatic carbocycles. The minimum atomic E-state index is 0.572. The Hall–Kier alpha value is -0.0400. The topological polar surface area (TPSA) is 9.23 Å². The van der Waals surface area contributed by atoms with Crippen molar-refractivity contribution in [2.75, 3.05) is 6.61 Å². The second-order valence-corrected chi connectivity index (χ2v) is 3.13. The fourth-order valence-electron chi connectivity index (χ4n) is 1.64. The fourth-order valence-corrected chi connectivity index (χ4v) is 1.64. The lowest BCUT2D eigenvalue weighted by molar-refractivity contribution is 0.0998. The van der Waals surface area contributed by atoms with Crippen LogP contribution >= 0.6 is 0 Å². The lowest BCUT2D eigenvalue weighted by Gasteiger charge is -2.08. The largest absolute Gasteiger partial charge is 0.378 e. The zero-order valence-corrected chi connectivity index (χ0v) is 5.31. The predicted octanol–water partition coefficient (Wildman–Crippen LogP) is 1.58. The van der Waals surface area contributed by atoms with Crippen molar-refractivity contribution in [2.24, 2.45) is 5.41 Å². The normalized spacial score (nSPS) is 40.9. The maximum Gasteiger partial charge on any atom is 0.0604 e. The molecule has 1 heterocycles. The van der Waals surface area contributed by atoms with Crippen molar-refractivity contribution in [2.45, 2.75) is 32.3 Å². The van der Waals surface area contributed by atoms with Crippen molar-refractivity contribution >= 4 is 0 Å². The molecule has 2 rings (SSSR count). The quantitative estimate of drug-likeness (QED) is 0.462. The summed E-state index contributed by atoms with van der Waals surface area (Å²) in [6.07, 6.45) is 4.75. The Kier molecular flexibility index (Phi) is 0.762. The molecule has 0 unspecified atom stereocenters. The molecule has 2 fully saturated rings. The second-order valence-electron chi connectivity index (χ2n) is 3.13. The van der Waals surface area contributed by atoms with Crippen LogP contribution in [0.15, 0.2) is 0 Å². The third-order valence-electron chi connectivity index (χ3n) is 2.72. The van der Waals surface area contributed by atoms with Gasteiger partial charge in [0, 0.05) is 6.61 Å². The highest BCUT2D eigenvalue weighted by Crippen LogP contribution is 2.55. The third kappa shape index (κ3) is 0.455. The summed E-state index contributed by atoms with van der Waals surface area (Å²) in [5.74, 6) is 0. The van der Waals surface area contributed by atoms with Crippen LogP contribution in [0.3, 0.4) is 0 Å². The minimum absolute atomic E-state index is 0.572. The van der Waals surface area contributed by atoms with Crippen LogP contribution in [0.1, 0.15) is 26.2 Å². The summed E-state index contributed by atoms with van der Waals surface area (Å²) in [5, 5.41) is 0. The van der Waals surface area contributed by atoms with E-state index in [0.717, 1.165) is 6.61 Å². The average molecular weight is 112 g/mol. The van der Waals surface area contributed by atoms with Gasteiger partial charge < -0.3 is 4.74 Å². The minimum Gasteiger partial charge on any atom is -0.378 e. The maximum absolute atomic E-state index is 5.43. The second kappa shape index (κ2) is 1.27. The molecule has 1 saturated heterocycles. The van der Waals surface area contributed by atoms with Gasteiger partial charge in [-0.3, -0.25) is 0 Å². The zero-order valence-electron chi connectivity index (χ0n) is 5.31. The van der Waals surface area contributed by atoms with Gasteiger partial charge in [-0.1, -0.05) is 0 Å². The third-order valence-corrected chi connectivity index (χ3v) is 2.72. The predicted molar refractivity (Wildman–Crippen MR) is 31.7 cm³/mol. The molecule has 0 amide bonds. The van der Waals surface area contributed by atoms with E-state index in [2.05, 4.69) is 6.92 Å². The van der Waals surface area contributed by atoms with Gasteiger partial charge in [-0.15, -0.1) is 0 Å². The summed E-state index contributed by atoms with van der Waals surface area (Å²) in [6, 6.07) is 0. The van der Waals surface area contributed by atoms with Gasteiger partial charge in [0.05, 0.1) is 6.10 Å². The van der Waals surface area contributed by atoms with E-state index < -0.39 is 0 Å². The number of hydrogen-bond donors (Lipinski definition) is 0. The van der Waals surface area contributed by atoms with Gasteiger partial charge in [0.25, 0.3) is 0 Å². The number of ether oxygens (including phenoxy) is 1. The average Bonchev–Trinajstić information content (AvgIpc) is 2.39. The molecule has 0 N–H and O–H groups in total. The molecule has 0 aromatic heterocycles. The van der Waals surface area contributed by atoms with E-state index in [1.54, 1.807) is 0 Å². The van der Waals surface area contributed by atoms with E-state index in [1.165, 1.54) is 19.3 Å². The Balaban J connectivity index is 2.12. The van der Waals surface area contributed by atoms with Gasteiger partial charge in [0.2, 0.25) is 0 Å². The number of rotatable bonds is 0. The SMILES string of the molecule is C[C@@H]1OCCC12CC2. The van der Waals surface area contributed by atoms with Crippen LogP contribution in [-0.2, 0) is 4.74 Å². The summed E-state index contributed by atoms with van der Waals surface area (Å²) in [7, 11) is 0. The Bertz CT molecular complexity index is 105. The molecule has 2 aliphatic rings. The summed E-state index contributed by atoms with van der Waals surface area (Å²) < 4.78 is 5.43. The smallest absolute Gasteiger partial charge is 0.0604 e. The van der Waals surface area contributed by atoms with E-state index in [4.69, 9.17) is 4.74 Å². The van der Waals surface area contributed by atoms with Gasteiger partial charge in [-0.05, 0) is 31.6 Å². The molecule has 1 aliphatic heterocycles. The molecule has 8 heavy (non-hydrogen) atoms. The van der Waals surface area contributed by atoms with E-state index in [0.29, 0.717) is 11.5 Å². The molecule has 1 aliphatic carbocycles. The van der Waals surface area contributed by atoms with Crippen LogP contribution < -0.4 is 0 Å². The summed E-state index contributed by atoms with van der Waals surface area (Å²) in [6.45, 7) is 3.22. The summed E-state index contributed by atoms with van der Waals surface area (Å²) in [5.41, 5.74) is 0.681. The first-order chi connectivity index (χ1) is 3.83. The van der Waals surface area contributed by atoms with E-state index in [1.807, 2.05) is 0 Å². The molecule has 46 valence electrons. The molecular weight excluding hydrogens is 100 g/mol. The van der Waals surface area contributed by atoms with Crippen molar-refractivity contribution in [3.8, 4) is 0 Å². The van der Waals surface area contributed by atoms with Gasteiger partial charge in [0.15, 0.2) is 0 Å². The standard InChI is InChI=1S/C7H12O/c1-6-7(2-3-7)4-5-8-6/h6H,2-5H2,1H3/t6-/m0/s1. The van der Waals surface area contributed by atoms with Crippen LogP contribution in [0.5, 0.6) is 0 Å². The van der Waals surface area contributed by atoms with Crippen molar-refractivity contribution in [3.63, 3.8) is 0 Å². The van der Waals surface area contributed by atoms with Crippen molar-refractivity contribution in [3.05, 3.63) is 0 Å². The van der Waals surface area contributed by atoms with Crippen molar-refractivity contribution < 1.29 is 4.74 Å². The first-order valence-corrected chi connectivity index (χ1v) is 3.45. The Morgan fingerprint density at radius 2 is 2.12 bits per heavy atom. The molecule has 1 saturated carbocycles. The monoisotopic (exact) mass is 112 g/mol. The molecule has 1 nitrogen and oxygen atoms in total. The summed E-state index contributed by atoms with van der Waals surface area (Å²) >= 11 is 0. The molecule has 1 spiro atoms. The highest BCUT2D eigenvalue weighted by atomic mass is 16.5. The van der Waals surface area contributed by atoms with E-state index in [9.17, 15) is 0 Å². The van der Waals surface area contributed by atoms with E-state index >= 15 is 0 Å². The Morgan fingerprint density at radius 1 is 1.38 bits per heavy atom. The highest BCUT2D eigenvalue weighted by molar-refractivity contribution is 5.00. The molecule has 0 bridgehead atoms. The van der Waals surface area contributed by atoms with Gasteiger partial charge in [0.1, 0.15) is 0 Å². The van der Waals surface area contributed by atoms with Gasteiger partial charge >= 0.3 is 0 Å². The Morgan fingerprint density at radius 3 is 2.38 bits per heavy atom. The Labute approximate surface area is 50.0 Å². The maximum atomic E-state index is 5.43. The first-order valence-electron chi connectivity index (χ1n) is 3.45. The van der Waals surface area contributed by atoms with Crippen LogP contribution in [0.4, 0.5) is 0 Å². The summed E-state index contributed by atoms with van der Waals surface area (Å²) in [4.78, 5) is 0. The van der Waals surface area contributed by atoms with Crippen LogP contribution in [0, 0.1) is 5.41 Å².